The van der Waals surface area contributed by atoms with Crippen LogP contribution >= 0.6 is 0 Å². The van der Waals surface area contributed by atoms with Crippen LogP contribution in [0.4, 0.5) is 0 Å². The van der Waals surface area contributed by atoms with E-state index in [9.17, 15) is 19.8 Å². The van der Waals surface area contributed by atoms with E-state index in [0.717, 1.165) is 75.4 Å². The zero-order valence-electron chi connectivity index (χ0n) is 15.0. The largest absolute Gasteiger partial charge is 0.478 e. The fraction of sp³-hybridized carbons (Fsp3) is 0.700. The number of rotatable bonds is 5. The van der Waals surface area contributed by atoms with Gasteiger partial charge in [-0.3, -0.25) is 0 Å². The van der Waals surface area contributed by atoms with Crippen molar-refractivity contribution in [2.75, 3.05) is 0 Å². The monoisotopic (exact) mass is 334 g/mol. The summed E-state index contributed by atoms with van der Waals surface area (Å²) in [5.74, 6) is -2.13. The van der Waals surface area contributed by atoms with Crippen molar-refractivity contribution in [3.63, 3.8) is 0 Å². The van der Waals surface area contributed by atoms with Crippen LogP contribution in [0.5, 0.6) is 0 Å². The van der Waals surface area contributed by atoms with Gasteiger partial charge in [-0.05, 0) is 68.8 Å². The lowest BCUT2D eigenvalue weighted by molar-refractivity contribution is -0.136. The third-order valence-electron chi connectivity index (χ3n) is 6.12. The minimum atomic E-state index is -1.07. The van der Waals surface area contributed by atoms with E-state index >= 15 is 0 Å². The van der Waals surface area contributed by atoms with Crippen molar-refractivity contribution < 1.29 is 19.8 Å². The van der Waals surface area contributed by atoms with Crippen molar-refractivity contribution in [1.29, 1.82) is 0 Å². The van der Waals surface area contributed by atoms with Crippen LogP contribution in [0.3, 0.4) is 0 Å². The van der Waals surface area contributed by atoms with E-state index in [1.54, 1.807) is 0 Å². The second-order valence-corrected chi connectivity index (χ2v) is 7.20. The Morgan fingerprint density at radius 1 is 0.833 bits per heavy atom. The van der Waals surface area contributed by atoms with Crippen LogP contribution < -0.4 is 0 Å². The van der Waals surface area contributed by atoms with Crippen LogP contribution in [-0.4, -0.2) is 22.2 Å². The minimum Gasteiger partial charge on any atom is -0.478 e. The van der Waals surface area contributed by atoms with Gasteiger partial charge in [0.2, 0.25) is 0 Å². The number of aliphatic carboxylic acids is 2. The quantitative estimate of drug-likeness (QED) is 0.686. The van der Waals surface area contributed by atoms with Crippen LogP contribution in [0, 0.1) is 5.41 Å². The third-order valence-corrected chi connectivity index (χ3v) is 6.12. The van der Waals surface area contributed by atoms with Crippen LogP contribution in [0.2, 0.25) is 0 Å². The van der Waals surface area contributed by atoms with Gasteiger partial charge in [0.25, 0.3) is 0 Å². The topological polar surface area (TPSA) is 74.6 Å². The molecule has 2 fully saturated rings. The van der Waals surface area contributed by atoms with Gasteiger partial charge in [0.15, 0.2) is 0 Å². The summed E-state index contributed by atoms with van der Waals surface area (Å²) in [4.78, 5) is 24.2. The Balaban J connectivity index is 2.69. The highest BCUT2D eigenvalue weighted by molar-refractivity contribution is 6.07. The normalized spacial score (nSPS) is 22.8. The number of carboxylic acid groups (broad SMARTS) is 2. The van der Waals surface area contributed by atoms with Gasteiger partial charge in [0.05, 0.1) is 11.1 Å². The number of hydrogen-bond acceptors (Lipinski definition) is 2. The molecule has 0 atom stereocenters. The Labute approximate surface area is 144 Å². The van der Waals surface area contributed by atoms with E-state index in [4.69, 9.17) is 0 Å². The number of carboxylic acids is 2. The maximum Gasteiger partial charge on any atom is 0.336 e. The lowest BCUT2D eigenvalue weighted by atomic mass is 9.64. The van der Waals surface area contributed by atoms with E-state index in [2.05, 4.69) is 13.8 Å². The van der Waals surface area contributed by atoms with Crippen LogP contribution in [0.15, 0.2) is 22.3 Å². The van der Waals surface area contributed by atoms with E-state index in [1.807, 2.05) is 0 Å². The zero-order valence-corrected chi connectivity index (χ0v) is 15.0. The summed E-state index contributed by atoms with van der Waals surface area (Å²) in [6, 6.07) is 0. The van der Waals surface area contributed by atoms with Crippen molar-refractivity contribution in [2.45, 2.75) is 84.5 Å². The Kier molecular flexibility index (Phi) is 6.25. The Morgan fingerprint density at radius 3 is 1.88 bits per heavy atom. The van der Waals surface area contributed by atoms with Gasteiger partial charge < -0.3 is 10.2 Å². The van der Waals surface area contributed by atoms with Crippen molar-refractivity contribution in [3.05, 3.63) is 22.3 Å². The molecule has 4 heteroatoms. The van der Waals surface area contributed by atoms with Crippen molar-refractivity contribution in [1.82, 2.24) is 0 Å². The second-order valence-electron chi connectivity index (χ2n) is 7.20. The molecule has 24 heavy (non-hydrogen) atoms. The van der Waals surface area contributed by atoms with E-state index in [-0.39, 0.29) is 16.6 Å². The molecule has 0 bridgehead atoms. The average molecular weight is 334 g/mol. The van der Waals surface area contributed by atoms with Crippen LogP contribution in [0.25, 0.3) is 0 Å². The molecule has 0 spiro atoms. The van der Waals surface area contributed by atoms with E-state index in [1.165, 1.54) is 0 Å². The predicted octanol–water partition coefficient (Wildman–Crippen LogP) is 5.09. The highest BCUT2D eigenvalue weighted by atomic mass is 16.4. The third kappa shape index (κ3) is 3.57. The summed E-state index contributed by atoms with van der Waals surface area (Å²) < 4.78 is 0. The maximum absolute atomic E-state index is 12.2. The summed E-state index contributed by atoms with van der Waals surface area (Å²) >= 11 is 0. The molecular weight excluding hydrogens is 304 g/mol. The fourth-order valence-electron chi connectivity index (χ4n) is 4.65. The number of carbonyl (C=O) groups is 2. The molecule has 0 aromatic heterocycles. The molecule has 0 aromatic rings. The summed E-state index contributed by atoms with van der Waals surface area (Å²) in [6.07, 6.45) is 9.93. The molecule has 0 heterocycles. The molecule has 2 saturated carbocycles. The molecule has 0 saturated heterocycles. The minimum absolute atomic E-state index is 0.102. The van der Waals surface area contributed by atoms with Gasteiger partial charge in [-0.2, -0.15) is 0 Å². The Bertz CT molecular complexity index is 556. The average Bonchev–Trinajstić information content (AvgIpc) is 2.59. The Morgan fingerprint density at radius 2 is 1.38 bits per heavy atom. The number of hydrogen-bond donors (Lipinski definition) is 2. The Hall–Kier alpha value is -1.58. The van der Waals surface area contributed by atoms with Crippen molar-refractivity contribution >= 4 is 11.9 Å². The highest BCUT2D eigenvalue weighted by Gasteiger charge is 2.39. The second kappa shape index (κ2) is 8.00. The lowest BCUT2D eigenvalue weighted by Gasteiger charge is -2.40. The molecule has 2 aliphatic carbocycles. The van der Waals surface area contributed by atoms with E-state index < -0.39 is 11.9 Å². The van der Waals surface area contributed by atoms with Crippen LogP contribution in [-0.2, 0) is 9.59 Å². The van der Waals surface area contributed by atoms with Crippen molar-refractivity contribution in [2.24, 2.45) is 5.41 Å². The molecule has 4 nitrogen and oxygen atoms in total. The van der Waals surface area contributed by atoms with E-state index in [0.29, 0.717) is 6.42 Å². The molecular formula is C20H30O4. The van der Waals surface area contributed by atoms with Gasteiger partial charge >= 0.3 is 11.9 Å². The van der Waals surface area contributed by atoms with Crippen LogP contribution in [0.1, 0.15) is 84.5 Å². The standard InChI is InChI=1S/C20H30O4/c1-3-20(4-2)13-9-8-12-15(20)17(19(23)24)16(18(21)22)14-10-6-5-7-11-14/h3-13H2,1-2H3,(H,21,22)(H,23,24). The molecule has 134 valence electrons. The first kappa shape index (κ1) is 18.8. The first-order chi connectivity index (χ1) is 11.5. The molecule has 0 aliphatic heterocycles. The zero-order chi connectivity index (χ0) is 17.7. The molecule has 2 rings (SSSR count). The smallest absolute Gasteiger partial charge is 0.336 e. The molecule has 0 radical (unpaired) electrons. The van der Waals surface area contributed by atoms with Gasteiger partial charge in [-0.15, -0.1) is 0 Å². The molecule has 2 aliphatic rings. The first-order valence-corrected chi connectivity index (χ1v) is 9.39. The summed E-state index contributed by atoms with van der Waals surface area (Å²) in [5.41, 5.74) is 1.79. The lowest BCUT2D eigenvalue weighted by Crippen LogP contribution is -2.30. The molecule has 0 aromatic carbocycles. The summed E-state index contributed by atoms with van der Waals surface area (Å²) in [7, 11) is 0. The fourth-order valence-corrected chi connectivity index (χ4v) is 4.65. The maximum atomic E-state index is 12.2. The molecule has 2 N–H and O–H groups in total. The van der Waals surface area contributed by atoms with Crippen molar-refractivity contribution in [3.8, 4) is 0 Å². The predicted molar refractivity (Wildman–Crippen MR) is 93.9 cm³/mol. The first-order valence-electron chi connectivity index (χ1n) is 9.39. The SMILES string of the molecule is CCC1(CC)CCCCC1=C(C(=O)O)C(C(=O)O)=C1CCCCC1. The number of allylic oxidation sites excluding steroid dienone is 2. The summed E-state index contributed by atoms with van der Waals surface area (Å²) in [5, 5.41) is 19.8. The van der Waals surface area contributed by atoms with Gasteiger partial charge in [-0.1, -0.05) is 32.3 Å². The molecule has 0 amide bonds. The molecule has 0 unspecified atom stereocenters. The highest BCUT2D eigenvalue weighted by Crippen LogP contribution is 2.49. The van der Waals surface area contributed by atoms with Gasteiger partial charge in [0, 0.05) is 0 Å². The summed E-state index contributed by atoms with van der Waals surface area (Å²) in [6.45, 7) is 4.20. The van der Waals surface area contributed by atoms with Gasteiger partial charge in [-0.25, -0.2) is 9.59 Å². The van der Waals surface area contributed by atoms with Gasteiger partial charge in [0.1, 0.15) is 0 Å².